The summed E-state index contributed by atoms with van der Waals surface area (Å²) in [6, 6.07) is 7.93. The first-order valence-electron chi connectivity index (χ1n) is 5.86. The predicted molar refractivity (Wildman–Crippen MR) is 78.3 cm³/mol. The first-order valence-corrected chi connectivity index (χ1v) is 7.68. The molecule has 20 heavy (non-hydrogen) atoms. The van der Waals surface area contributed by atoms with Crippen LogP contribution in [0, 0.1) is 5.92 Å². The molecule has 0 aliphatic heterocycles. The third-order valence-corrected chi connectivity index (χ3v) is 4.33. The van der Waals surface area contributed by atoms with Gasteiger partial charge in [-0.15, -0.1) is 0 Å². The summed E-state index contributed by atoms with van der Waals surface area (Å²) in [5.41, 5.74) is 0.478. The first kappa shape index (κ1) is 14.7. The van der Waals surface area contributed by atoms with Crippen LogP contribution in [0.5, 0.6) is 0 Å². The molecule has 0 bridgehead atoms. The Hall–Kier alpha value is -1.72. The van der Waals surface area contributed by atoms with Gasteiger partial charge in [0.05, 0.1) is 9.93 Å². The largest absolute Gasteiger partial charge is 0.288 e. The van der Waals surface area contributed by atoms with Crippen LogP contribution in [0.25, 0.3) is 0 Å². The predicted octanol–water partition coefficient (Wildman–Crippen LogP) is 2.71. The van der Waals surface area contributed by atoms with E-state index in [2.05, 4.69) is 4.40 Å². The van der Waals surface area contributed by atoms with Crippen LogP contribution < -0.4 is 0 Å². The zero-order valence-electron chi connectivity index (χ0n) is 10.7. The fraction of sp³-hybridized carbons (Fsp3) is 0.143. The minimum absolute atomic E-state index is 0.0820. The second kappa shape index (κ2) is 5.73. The van der Waals surface area contributed by atoms with E-state index >= 15 is 0 Å². The van der Waals surface area contributed by atoms with Crippen molar-refractivity contribution in [3.63, 3.8) is 0 Å². The van der Waals surface area contributed by atoms with Crippen LogP contribution in [0.3, 0.4) is 0 Å². The summed E-state index contributed by atoms with van der Waals surface area (Å²) in [4.78, 5) is 11.6. The maximum atomic E-state index is 12.0. The minimum atomic E-state index is -3.73. The molecule has 104 valence electrons. The molecule has 6 heteroatoms. The third-order valence-electron chi connectivity index (χ3n) is 2.77. The SMILES string of the molecule is CC1=CC(/C=N/S(=O)(=O)c2ccccc2)C=C(Cl)C1=O. The second-order valence-electron chi connectivity index (χ2n) is 4.31. The lowest BCUT2D eigenvalue weighted by Crippen LogP contribution is -2.11. The van der Waals surface area contributed by atoms with Crippen LogP contribution in [0.2, 0.25) is 0 Å². The van der Waals surface area contributed by atoms with Gasteiger partial charge in [-0.25, -0.2) is 0 Å². The summed E-state index contributed by atoms with van der Waals surface area (Å²) < 4.78 is 27.6. The molecule has 1 aliphatic rings. The number of carbonyl (C=O) groups excluding carboxylic acids is 1. The van der Waals surface area contributed by atoms with Crippen molar-refractivity contribution in [1.82, 2.24) is 0 Å². The standard InChI is InChI=1S/C14H12ClNO3S/c1-10-7-11(8-13(15)14(10)17)9-16-20(18,19)12-5-3-2-4-6-12/h2-9,11H,1H3/b16-9+. The Morgan fingerprint density at radius 2 is 1.85 bits per heavy atom. The van der Waals surface area contributed by atoms with Crippen LogP contribution in [0.15, 0.2) is 62.4 Å². The molecule has 0 saturated heterocycles. The van der Waals surface area contributed by atoms with Gasteiger partial charge in [-0.1, -0.05) is 35.9 Å². The number of carbonyl (C=O) groups is 1. The van der Waals surface area contributed by atoms with E-state index in [0.717, 1.165) is 0 Å². The molecular formula is C14H12ClNO3S. The van der Waals surface area contributed by atoms with E-state index in [-0.39, 0.29) is 15.7 Å². The van der Waals surface area contributed by atoms with Crippen LogP contribution in [-0.2, 0) is 14.8 Å². The molecule has 1 unspecified atom stereocenters. The number of allylic oxidation sites excluding steroid dienone is 4. The lowest BCUT2D eigenvalue weighted by Gasteiger charge is -2.10. The van der Waals surface area contributed by atoms with Crippen molar-refractivity contribution in [1.29, 1.82) is 0 Å². The number of halogens is 1. The Kier molecular flexibility index (Phi) is 4.20. The molecule has 0 fully saturated rings. The fourth-order valence-electron chi connectivity index (χ4n) is 1.74. The highest BCUT2D eigenvalue weighted by molar-refractivity contribution is 7.90. The maximum absolute atomic E-state index is 12.0. The molecule has 0 radical (unpaired) electrons. The molecule has 0 N–H and O–H groups in total. The van der Waals surface area contributed by atoms with Crippen molar-refractivity contribution in [2.45, 2.75) is 11.8 Å². The Morgan fingerprint density at radius 3 is 2.45 bits per heavy atom. The smallest absolute Gasteiger partial charge is 0.281 e. The van der Waals surface area contributed by atoms with E-state index in [4.69, 9.17) is 11.6 Å². The topological polar surface area (TPSA) is 63.6 Å². The normalized spacial score (nSPS) is 19.9. The highest BCUT2D eigenvalue weighted by atomic mass is 35.5. The number of hydrogen-bond donors (Lipinski definition) is 0. The van der Waals surface area contributed by atoms with Crippen molar-refractivity contribution < 1.29 is 13.2 Å². The van der Waals surface area contributed by atoms with Crippen LogP contribution >= 0.6 is 11.6 Å². The molecule has 0 aromatic heterocycles. The molecule has 0 heterocycles. The summed E-state index contributed by atoms with van der Waals surface area (Å²) in [7, 11) is -3.73. The number of sulfonamides is 1. The molecule has 4 nitrogen and oxygen atoms in total. The van der Waals surface area contributed by atoms with E-state index in [9.17, 15) is 13.2 Å². The van der Waals surface area contributed by atoms with E-state index in [0.29, 0.717) is 5.57 Å². The number of ketones is 1. The van der Waals surface area contributed by atoms with Gasteiger partial charge in [-0.05, 0) is 30.7 Å². The van der Waals surface area contributed by atoms with Gasteiger partial charge >= 0.3 is 0 Å². The van der Waals surface area contributed by atoms with Crippen molar-refractivity contribution in [2.24, 2.45) is 10.3 Å². The van der Waals surface area contributed by atoms with Crippen LogP contribution in [-0.4, -0.2) is 20.4 Å². The Balaban J connectivity index is 2.25. The number of benzene rings is 1. The number of hydrogen-bond acceptors (Lipinski definition) is 3. The summed E-state index contributed by atoms with van der Waals surface area (Å²) in [6.45, 7) is 1.63. The second-order valence-corrected chi connectivity index (χ2v) is 6.35. The van der Waals surface area contributed by atoms with E-state index in [1.54, 1.807) is 31.2 Å². The average Bonchev–Trinajstić information content (AvgIpc) is 2.43. The minimum Gasteiger partial charge on any atom is -0.288 e. The summed E-state index contributed by atoms with van der Waals surface area (Å²) >= 11 is 5.78. The maximum Gasteiger partial charge on any atom is 0.281 e. The Bertz CT molecular complexity index is 696. The van der Waals surface area contributed by atoms with E-state index < -0.39 is 15.9 Å². The quantitative estimate of drug-likeness (QED) is 0.806. The molecule has 0 saturated carbocycles. The van der Waals surface area contributed by atoms with Crippen molar-refractivity contribution in [3.05, 3.63) is 53.1 Å². The number of nitrogens with zero attached hydrogens (tertiary/aromatic N) is 1. The first-order chi connectivity index (χ1) is 9.40. The Morgan fingerprint density at radius 1 is 1.20 bits per heavy atom. The van der Waals surface area contributed by atoms with Crippen LogP contribution in [0.1, 0.15) is 6.92 Å². The van der Waals surface area contributed by atoms with E-state index in [1.807, 2.05) is 0 Å². The highest BCUT2D eigenvalue weighted by Crippen LogP contribution is 2.21. The van der Waals surface area contributed by atoms with Gasteiger partial charge in [0.15, 0.2) is 5.78 Å². The molecule has 0 amide bonds. The van der Waals surface area contributed by atoms with Gasteiger partial charge in [0.25, 0.3) is 10.0 Å². The third kappa shape index (κ3) is 3.23. The van der Waals surface area contributed by atoms with Crippen molar-refractivity contribution in [3.8, 4) is 0 Å². The molecule has 1 atom stereocenters. The monoisotopic (exact) mass is 309 g/mol. The van der Waals surface area contributed by atoms with Gasteiger partial charge in [0.1, 0.15) is 0 Å². The molecule has 0 spiro atoms. The zero-order valence-corrected chi connectivity index (χ0v) is 12.2. The highest BCUT2D eigenvalue weighted by Gasteiger charge is 2.18. The van der Waals surface area contributed by atoms with Gasteiger partial charge in [-0.3, -0.25) is 4.79 Å². The van der Waals surface area contributed by atoms with Gasteiger partial charge in [0, 0.05) is 12.1 Å². The fourth-order valence-corrected chi connectivity index (χ4v) is 2.95. The number of rotatable bonds is 3. The van der Waals surface area contributed by atoms with Crippen molar-refractivity contribution in [2.75, 3.05) is 0 Å². The lowest BCUT2D eigenvalue weighted by molar-refractivity contribution is -0.111. The van der Waals surface area contributed by atoms with Crippen LogP contribution in [0.4, 0.5) is 0 Å². The Labute approximate surface area is 122 Å². The lowest BCUT2D eigenvalue weighted by atomic mass is 9.98. The molecular weight excluding hydrogens is 298 g/mol. The molecule has 1 aromatic carbocycles. The average molecular weight is 310 g/mol. The van der Waals surface area contributed by atoms with Gasteiger partial charge in [0.2, 0.25) is 0 Å². The zero-order chi connectivity index (χ0) is 14.8. The molecule has 1 aliphatic carbocycles. The van der Waals surface area contributed by atoms with Crippen molar-refractivity contribution >= 4 is 33.6 Å². The molecule has 2 rings (SSSR count). The number of Topliss-reactive ketones (excluding diaryl/α,β-unsaturated/α-hetero) is 1. The molecule has 1 aromatic rings. The summed E-state index contributed by atoms with van der Waals surface area (Å²) in [5.74, 6) is -0.652. The summed E-state index contributed by atoms with van der Waals surface area (Å²) in [5, 5.41) is 0.0820. The summed E-state index contributed by atoms with van der Waals surface area (Å²) in [6.07, 6.45) is 4.36. The van der Waals surface area contributed by atoms with Gasteiger partial charge < -0.3 is 0 Å². The van der Waals surface area contributed by atoms with Gasteiger partial charge in [-0.2, -0.15) is 12.8 Å². The van der Waals surface area contributed by atoms with E-state index in [1.165, 1.54) is 24.4 Å².